The van der Waals surface area contributed by atoms with Gasteiger partial charge in [-0.25, -0.2) is 4.98 Å². The van der Waals surface area contributed by atoms with E-state index in [1.54, 1.807) is 11.0 Å². The van der Waals surface area contributed by atoms with Crippen LogP contribution in [0.2, 0.25) is 0 Å². The van der Waals surface area contributed by atoms with Gasteiger partial charge in [0.1, 0.15) is 5.69 Å². The summed E-state index contributed by atoms with van der Waals surface area (Å²) in [5.74, 6) is -0.0706. The molecular weight excluding hydrogens is 330 g/mol. The first-order valence-corrected chi connectivity index (χ1v) is 8.69. The van der Waals surface area contributed by atoms with E-state index in [-0.39, 0.29) is 24.3 Å². The van der Waals surface area contributed by atoms with Gasteiger partial charge in [-0.05, 0) is 24.6 Å². The number of nitrogens with one attached hydrogen (secondary N) is 1. The number of aromatic amines is 1. The Labute approximate surface area is 150 Å². The second kappa shape index (κ2) is 6.72. The van der Waals surface area contributed by atoms with Crippen LogP contribution in [0.4, 0.5) is 5.69 Å². The Morgan fingerprint density at radius 3 is 2.85 bits per heavy atom. The first-order chi connectivity index (χ1) is 12.6. The van der Waals surface area contributed by atoms with Gasteiger partial charge in [-0.1, -0.05) is 30.3 Å². The van der Waals surface area contributed by atoms with Gasteiger partial charge in [0.2, 0.25) is 5.91 Å². The molecule has 1 aliphatic heterocycles. The average Bonchev–Trinajstić information content (AvgIpc) is 2.66. The maximum atomic E-state index is 12.7. The summed E-state index contributed by atoms with van der Waals surface area (Å²) >= 11 is 0. The van der Waals surface area contributed by atoms with E-state index in [1.165, 1.54) is 0 Å². The molecule has 3 aromatic rings. The standard InChI is InChI=1S/C20H19N3O3/c24-18-11-12-23(17-8-4-1-5-13(17)18)19(25)10-9-16-20(26)22-15-7-3-2-6-14(15)21-16/h1-8,18,24H,9-12H2,(H,22,26). The molecule has 0 fully saturated rings. The maximum absolute atomic E-state index is 12.7. The molecule has 2 aromatic carbocycles. The summed E-state index contributed by atoms with van der Waals surface area (Å²) in [6.07, 6.45) is 0.441. The molecule has 1 aromatic heterocycles. The summed E-state index contributed by atoms with van der Waals surface area (Å²) in [7, 11) is 0. The quantitative estimate of drug-likeness (QED) is 0.760. The van der Waals surface area contributed by atoms with E-state index < -0.39 is 6.10 Å². The van der Waals surface area contributed by atoms with Crippen molar-refractivity contribution in [1.82, 2.24) is 9.97 Å². The summed E-state index contributed by atoms with van der Waals surface area (Å²) in [4.78, 5) is 33.8. The number of hydrogen-bond donors (Lipinski definition) is 2. The van der Waals surface area contributed by atoms with Crippen LogP contribution in [0.3, 0.4) is 0 Å². The van der Waals surface area contributed by atoms with E-state index in [2.05, 4.69) is 9.97 Å². The van der Waals surface area contributed by atoms with Gasteiger partial charge >= 0.3 is 0 Å². The van der Waals surface area contributed by atoms with E-state index >= 15 is 0 Å². The van der Waals surface area contributed by atoms with Crippen molar-refractivity contribution < 1.29 is 9.90 Å². The van der Waals surface area contributed by atoms with Crippen LogP contribution in [0.25, 0.3) is 11.0 Å². The fourth-order valence-corrected chi connectivity index (χ4v) is 3.40. The number of anilines is 1. The van der Waals surface area contributed by atoms with Crippen LogP contribution < -0.4 is 10.5 Å². The largest absolute Gasteiger partial charge is 0.388 e. The van der Waals surface area contributed by atoms with Crippen LogP contribution in [0.1, 0.15) is 30.2 Å². The summed E-state index contributed by atoms with van der Waals surface area (Å²) in [6, 6.07) is 14.7. The predicted molar refractivity (Wildman–Crippen MR) is 99.1 cm³/mol. The number of aromatic nitrogens is 2. The fourth-order valence-electron chi connectivity index (χ4n) is 3.40. The number of fused-ring (bicyclic) bond motifs is 2. The second-order valence-electron chi connectivity index (χ2n) is 6.44. The molecule has 0 radical (unpaired) electrons. The van der Waals surface area contributed by atoms with Gasteiger partial charge in [0, 0.05) is 30.6 Å². The SMILES string of the molecule is O=C(CCc1nc2ccccc2[nH]c1=O)N1CCC(O)c2ccccc21. The number of hydrogen-bond acceptors (Lipinski definition) is 4. The highest BCUT2D eigenvalue weighted by Crippen LogP contribution is 2.33. The van der Waals surface area contributed by atoms with Crippen molar-refractivity contribution in [2.45, 2.75) is 25.4 Å². The number of benzene rings is 2. The number of aryl methyl sites for hydroxylation is 1. The number of nitrogens with zero attached hydrogens (tertiary/aromatic N) is 2. The van der Waals surface area contributed by atoms with Crippen LogP contribution in [-0.4, -0.2) is 27.5 Å². The number of aliphatic hydroxyl groups is 1. The maximum Gasteiger partial charge on any atom is 0.270 e. The molecule has 1 unspecified atom stereocenters. The van der Waals surface area contributed by atoms with Crippen molar-refractivity contribution in [3.8, 4) is 0 Å². The minimum atomic E-state index is -0.541. The van der Waals surface area contributed by atoms with E-state index in [0.29, 0.717) is 29.7 Å². The molecular formula is C20H19N3O3. The highest BCUT2D eigenvalue weighted by Gasteiger charge is 2.27. The van der Waals surface area contributed by atoms with E-state index in [1.807, 2.05) is 42.5 Å². The smallest absolute Gasteiger partial charge is 0.270 e. The van der Waals surface area contributed by atoms with Gasteiger partial charge in [-0.15, -0.1) is 0 Å². The molecule has 132 valence electrons. The molecule has 0 saturated carbocycles. The summed E-state index contributed by atoms with van der Waals surface area (Å²) in [5, 5.41) is 10.1. The molecule has 0 aliphatic carbocycles. The average molecular weight is 349 g/mol. The molecule has 0 saturated heterocycles. The molecule has 26 heavy (non-hydrogen) atoms. The molecule has 6 nitrogen and oxygen atoms in total. The van der Waals surface area contributed by atoms with Crippen molar-refractivity contribution in [3.05, 3.63) is 70.1 Å². The predicted octanol–water partition coefficient (Wildman–Crippen LogP) is 2.33. The Morgan fingerprint density at radius 2 is 1.96 bits per heavy atom. The summed E-state index contributed by atoms with van der Waals surface area (Å²) in [5.41, 5.74) is 3.02. The van der Waals surface area contributed by atoms with Crippen molar-refractivity contribution in [3.63, 3.8) is 0 Å². The lowest BCUT2D eigenvalue weighted by atomic mass is 9.98. The van der Waals surface area contributed by atoms with Crippen LogP contribution >= 0.6 is 0 Å². The lowest BCUT2D eigenvalue weighted by Crippen LogP contribution is -2.37. The minimum Gasteiger partial charge on any atom is -0.388 e. The van der Waals surface area contributed by atoms with Crippen molar-refractivity contribution >= 4 is 22.6 Å². The number of carbonyl (C=O) groups excluding carboxylic acids is 1. The van der Waals surface area contributed by atoms with Gasteiger partial charge in [0.25, 0.3) is 5.56 Å². The lowest BCUT2D eigenvalue weighted by Gasteiger charge is -2.32. The van der Waals surface area contributed by atoms with Crippen LogP contribution in [-0.2, 0) is 11.2 Å². The molecule has 1 amide bonds. The van der Waals surface area contributed by atoms with E-state index in [4.69, 9.17) is 0 Å². The molecule has 2 heterocycles. The number of rotatable bonds is 3. The molecule has 2 N–H and O–H groups in total. The van der Waals surface area contributed by atoms with Gasteiger partial charge < -0.3 is 15.0 Å². The Kier molecular flexibility index (Phi) is 4.26. The van der Waals surface area contributed by atoms with Gasteiger partial charge in [-0.2, -0.15) is 0 Å². The molecule has 1 atom stereocenters. The summed E-state index contributed by atoms with van der Waals surface area (Å²) in [6.45, 7) is 0.471. The molecule has 0 spiro atoms. The topological polar surface area (TPSA) is 86.3 Å². The molecule has 1 aliphatic rings. The Hall–Kier alpha value is -2.99. The summed E-state index contributed by atoms with van der Waals surface area (Å²) < 4.78 is 0. The fraction of sp³-hybridized carbons (Fsp3) is 0.250. The van der Waals surface area contributed by atoms with Crippen LogP contribution in [0.5, 0.6) is 0 Å². The third-order valence-corrected chi connectivity index (χ3v) is 4.76. The first-order valence-electron chi connectivity index (χ1n) is 8.69. The highest BCUT2D eigenvalue weighted by atomic mass is 16.3. The Bertz CT molecular complexity index is 1030. The van der Waals surface area contributed by atoms with Crippen molar-refractivity contribution in [1.29, 1.82) is 0 Å². The zero-order valence-electron chi connectivity index (χ0n) is 14.2. The van der Waals surface area contributed by atoms with Gasteiger partial charge in [0.05, 0.1) is 17.1 Å². The van der Waals surface area contributed by atoms with Gasteiger partial charge in [0.15, 0.2) is 0 Å². The van der Waals surface area contributed by atoms with E-state index in [0.717, 1.165) is 11.3 Å². The third kappa shape index (κ3) is 2.99. The number of carbonyl (C=O) groups is 1. The lowest BCUT2D eigenvalue weighted by molar-refractivity contribution is -0.118. The van der Waals surface area contributed by atoms with Gasteiger partial charge in [-0.3, -0.25) is 9.59 Å². The van der Waals surface area contributed by atoms with Crippen molar-refractivity contribution in [2.75, 3.05) is 11.4 Å². The third-order valence-electron chi connectivity index (χ3n) is 4.76. The van der Waals surface area contributed by atoms with Crippen LogP contribution in [0, 0.1) is 0 Å². The minimum absolute atomic E-state index is 0.0706. The van der Waals surface area contributed by atoms with Crippen molar-refractivity contribution in [2.24, 2.45) is 0 Å². The number of para-hydroxylation sites is 3. The Balaban J connectivity index is 1.54. The zero-order chi connectivity index (χ0) is 18.1. The number of aliphatic hydroxyl groups excluding tert-OH is 1. The van der Waals surface area contributed by atoms with Crippen LogP contribution in [0.15, 0.2) is 53.3 Å². The first kappa shape index (κ1) is 16.5. The number of H-pyrrole nitrogens is 1. The molecule has 4 rings (SSSR count). The molecule has 0 bridgehead atoms. The highest BCUT2D eigenvalue weighted by molar-refractivity contribution is 5.94. The normalized spacial score (nSPS) is 16.5. The second-order valence-corrected chi connectivity index (χ2v) is 6.44. The molecule has 6 heteroatoms. The Morgan fingerprint density at radius 1 is 1.19 bits per heavy atom. The van der Waals surface area contributed by atoms with E-state index in [9.17, 15) is 14.7 Å². The number of amides is 1. The monoisotopic (exact) mass is 349 g/mol. The zero-order valence-corrected chi connectivity index (χ0v) is 14.2.